The van der Waals surface area contributed by atoms with E-state index in [1.807, 2.05) is 26.0 Å². The minimum absolute atomic E-state index is 0.114. The quantitative estimate of drug-likeness (QED) is 0.911. The molecular formula is C17H15ClNO4-. The molecule has 0 heterocycles. The van der Waals surface area contributed by atoms with E-state index in [-0.39, 0.29) is 22.9 Å². The van der Waals surface area contributed by atoms with Crippen LogP contribution in [0.2, 0.25) is 5.02 Å². The van der Waals surface area contributed by atoms with E-state index in [9.17, 15) is 14.7 Å². The van der Waals surface area contributed by atoms with Crippen LogP contribution in [0.5, 0.6) is 5.75 Å². The van der Waals surface area contributed by atoms with Gasteiger partial charge in [0.2, 0.25) is 0 Å². The van der Waals surface area contributed by atoms with Crippen LogP contribution in [0.4, 0.5) is 5.69 Å². The van der Waals surface area contributed by atoms with Crippen molar-refractivity contribution in [1.82, 2.24) is 0 Å². The number of benzene rings is 2. The minimum Gasteiger partial charge on any atom is -0.545 e. The van der Waals surface area contributed by atoms with Gasteiger partial charge in [0.15, 0.2) is 6.61 Å². The highest BCUT2D eigenvalue weighted by atomic mass is 35.5. The second-order valence-corrected chi connectivity index (χ2v) is 5.50. The molecule has 0 aliphatic carbocycles. The molecule has 0 fully saturated rings. The molecule has 2 aromatic rings. The van der Waals surface area contributed by atoms with Crippen molar-refractivity contribution in [2.45, 2.75) is 13.8 Å². The SMILES string of the molecule is Cc1ccc(OCC(=O)Nc2ccc(Cl)cc2C(=O)[O-])cc1C. The van der Waals surface area contributed by atoms with Crippen LogP contribution in [0.3, 0.4) is 0 Å². The molecule has 0 radical (unpaired) electrons. The molecule has 5 nitrogen and oxygen atoms in total. The Balaban J connectivity index is 2.02. The van der Waals surface area contributed by atoms with Crippen molar-refractivity contribution in [3.8, 4) is 5.75 Å². The van der Waals surface area contributed by atoms with Gasteiger partial charge in [-0.25, -0.2) is 0 Å². The predicted molar refractivity (Wildman–Crippen MR) is 85.8 cm³/mol. The second kappa shape index (κ2) is 7.15. The lowest BCUT2D eigenvalue weighted by molar-refractivity contribution is -0.254. The largest absolute Gasteiger partial charge is 0.545 e. The first-order valence-corrected chi connectivity index (χ1v) is 7.25. The van der Waals surface area contributed by atoms with E-state index in [0.29, 0.717) is 5.75 Å². The van der Waals surface area contributed by atoms with E-state index < -0.39 is 11.9 Å². The summed E-state index contributed by atoms with van der Waals surface area (Å²) in [7, 11) is 0. The number of halogens is 1. The lowest BCUT2D eigenvalue weighted by atomic mass is 10.1. The molecule has 0 aliphatic rings. The van der Waals surface area contributed by atoms with Crippen molar-refractivity contribution in [2.75, 3.05) is 11.9 Å². The maximum Gasteiger partial charge on any atom is 0.262 e. The Labute approximate surface area is 138 Å². The fraction of sp³-hybridized carbons (Fsp3) is 0.176. The van der Waals surface area contributed by atoms with Gasteiger partial charge in [-0.15, -0.1) is 0 Å². The second-order valence-electron chi connectivity index (χ2n) is 5.06. The summed E-state index contributed by atoms with van der Waals surface area (Å²) in [5.41, 5.74) is 2.11. The average molecular weight is 333 g/mol. The van der Waals surface area contributed by atoms with Gasteiger partial charge < -0.3 is 20.0 Å². The Hall–Kier alpha value is -2.53. The third kappa shape index (κ3) is 4.47. The number of hydrogen-bond acceptors (Lipinski definition) is 4. The highest BCUT2D eigenvalue weighted by Gasteiger charge is 2.09. The van der Waals surface area contributed by atoms with Crippen molar-refractivity contribution >= 4 is 29.2 Å². The Morgan fingerprint density at radius 3 is 2.52 bits per heavy atom. The number of hydrogen-bond donors (Lipinski definition) is 1. The number of carbonyl (C=O) groups is 2. The van der Waals surface area contributed by atoms with Crippen LogP contribution in [0.25, 0.3) is 0 Å². The van der Waals surface area contributed by atoms with Crippen LogP contribution in [-0.2, 0) is 4.79 Å². The average Bonchev–Trinajstić information content (AvgIpc) is 2.50. The molecular weight excluding hydrogens is 318 g/mol. The number of ether oxygens (including phenoxy) is 1. The fourth-order valence-electron chi connectivity index (χ4n) is 1.93. The molecule has 2 aromatic carbocycles. The normalized spacial score (nSPS) is 10.2. The summed E-state index contributed by atoms with van der Waals surface area (Å²) in [6, 6.07) is 9.60. The number of carboxylic acids is 1. The van der Waals surface area contributed by atoms with Crippen molar-refractivity contribution in [1.29, 1.82) is 0 Å². The van der Waals surface area contributed by atoms with Gasteiger partial charge in [-0.1, -0.05) is 17.7 Å². The van der Waals surface area contributed by atoms with Gasteiger partial charge in [0.1, 0.15) is 5.75 Å². The number of aromatic carboxylic acids is 1. The van der Waals surface area contributed by atoms with Gasteiger partial charge in [-0.3, -0.25) is 4.79 Å². The summed E-state index contributed by atoms with van der Waals surface area (Å²) in [6.45, 7) is 3.69. The zero-order chi connectivity index (χ0) is 17.0. The Morgan fingerprint density at radius 2 is 1.87 bits per heavy atom. The first-order chi connectivity index (χ1) is 10.9. The van der Waals surface area contributed by atoms with Crippen LogP contribution in [-0.4, -0.2) is 18.5 Å². The first-order valence-electron chi connectivity index (χ1n) is 6.87. The molecule has 0 aliphatic heterocycles. The number of anilines is 1. The molecule has 1 N–H and O–H groups in total. The maximum absolute atomic E-state index is 11.9. The minimum atomic E-state index is -1.42. The summed E-state index contributed by atoms with van der Waals surface area (Å²) in [6.07, 6.45) is 0. The van der Waals surface area contributed by atoms with Crippen LogP contribution >= 0.6 is 11.6 Å². The zero-order valence-corrected chi connectivity index (χ0v) is 13.4. The molecule has 0 spiro atoms. The number of carboxylic acid groups (broad SMARTS) is 1. The van der Waals surface area contributed by atoms with Gasteiger partial charge in [0.25, 0.3) is 5.91 Å². The topological polar surface area (TPSA) is 78.5 Å². The van der Waals surface area contributed by atoms with E-state index in [1.54, 1.807) is 6.07 Å². The molecule has 0 saturated carbocycles. The monoisotopic (exact) mass is 332 g/mol. The predicted octanol–water partition coefficient (Wildman–Crippen LogP) is 2.34. The Bertz CT molecular complexity index is 758. The number of amides is 1. The molecule has 2 rings (SSSR count). The van der Waals surface area contributed by atoms with Crippen LogP contribution < -0.4 is 15.2 Å². The van der Waals surface area contributed by atoms with E-state index in [2.05, 4.69) is 5.32 Å². The van der Waals surface area contributed by atoms with Gasteiger partial charge >= 0.3 is 0 Å². The van der Waals surface area contributed by atoms with Crippen molar-refractivity contribution in [2.24, 2.45) is 0 Å². The number of carbonyl (C=O) groups excluding carboxylic acids is 2. The van der Waals surface area contributed by atoms with Crippen LogP contribution in [0.15, 0.2) is 36.4 Å². The van der Waals surface area contributed by atoms with Crippen molar-refractivity contribution < 1.29 is 19.4 Å². The lowest BCUT2D eigenvalue weighted by Crippen LogP contribution is -2.26. The Kier molecular flexibility index (Phi) is 5.24. The standard InChI is InChI=1S/C17H16ClNO4/c1-10-3-5-13(7-11(10)2)23-9-16(20)19-15-6-4-12(18)8-14(15)17(21)22/h3-8H,9H2,1-2H3,(H,19,20)(H,21,22)/p-1. The molecule has 23 heavy (non-hydrogen) atoms. The Morgan fingerprint density at radius 1 is 1.13 bits per heavy atom. The number of aryl methyl sites for hydroxylation is 2. The summed E-state index contributed by atoms with van der Waals surface area (Å²) < 4.78 is 5.40. The number of nitrogens with one attached hydrogen (secondary N) is 1. The van der Waals surface area contributed by atoms with E-state index in [0.717, 1.165) is 11.1 Å². The van der Waals surface area contributed by atoms with Crippen molar-refractivity contribution in [3.63, 3.8) is 0 Å². The summed E-state index contributed by atoms with van der Waals surface area (Å²) in [4.78, 5) is 23.0. The van der Waals surface area contributed by atoms with Gasteiger partial charge in [-0.05, 0) is 55.3 Å². The lowest BCUT2D eigenvalue weighted by Gasteiger charge is -2.13. The molecule has 0 unspecified atom stereocenters. The first kappa shape index (κ1) is 16.8. The molecule has 1 amide bonds. The van der Waals surface area contributed by atoms with E-state index >= 15 is 0 Å². The molecule has 0 bridgehead atoms. The summed E-state index contributed by atoms with van der Waals surface area (Å²) in [5.74, 6) is -1.33. The smallest absolute Gasteiger partial charge is 0.262 e. The van der Waals surface area contributed by atoms with Gasteiger partial charge in [-0.2, -0.15) is 0 Å². The van der Waals surface area contributed by atoms with E-state index in [1.165, 1.54) is 18.2 Å². The van der Waals surface area contributed by atoms with E-state index in [4.69, 9.17) is 16.3 Å². The molecule has 6 heteroatoms. The summed E-state index contributed by atoms with van der Waals surface area (Å²) in [5, 5.41) is 13.8. The van der Waals surface area contributed by atoms with Gasteiger partial charge in [0, 0.05) is 10.6 Å². The summed E-state index contributed by atoms with van der Waals surface area (Å²) >= 11 is 5.74. The zero-order valence-electron chi connectivity index (χ0n) is 12.7. The van der Waals surface area contributed by atoms with Crippen molar-refractivity contribution in [3.05, 3.63) is 58.1 Å². The highest BCUT2D eigenvalue weighted by molar-refractivity contribution is 6.31. The maximum atomic E-state index is 11.9. The third-order valence-corrected chi connectivity index (χ3v) is 3.56. The molecule has 0 atom stereocenters. The fourth-order valence-corrected chi connectivity index (χ4v) is 2.11. The molecule has 0 saturated heterocycles. The van der Waals surface area contributed by atoms with Crippen LogP contribution in [0, 0.1) is 13.8 Å². The molecule has 120 valence electrons. The molecule has 0 aromatic heterocycles. The highest BCUT2D eigenvalue weighted by Crippen LogP contribution is 2.20. The van der Waals surface area contributed by atoms with Gasteiger partial charge in [0.05, 0.1) is 11.7 Å². The third-order valence-electron chi connectivity index (χ3n) is 3.32. The number of rotatable bonds is 5. The van der Waals surface area contributed by atoms with Crippen LogP contribution in [0.1, 0.15) is 21.5 Å².